The fourth-order valence-electron chi connectivity index (χ4n) is 2.18. The first-order valence-corrected chi connectivity index (χ1v) is 6.83. The lowest BCUT2D eigenvalue weighted by Crippen LogP contribution is -1.95. The lowest BCUT2D eigenvalue weighted by Gasteiger charge is -2.08. The van der Waals surface area contributed by atoms with Gasteiger partial charge < -0.3 is 0 Å². The Morgan fingerprint density at radius 2 is 1.56 bits per heavy atom. The van der Waals surface area contributed by atoms with Crippen LogP contribution in [0.25, 0.3) is 0 Å². The van der Waals surface area contributed by atoms with E-state index in [1.54, 1.807) is 0 Å². The lowest BCUT2D eigenvalue weighted by atomic mass is 9.98. The Labute approximate surface area is 115 Å². The third-order valence-corrected chi connectivity index (χ3v) is 3.21. The van der Waals surface area contributed by atoms with Crippen LogP contribution in [-0.4, -0.2) is 0 Å². The summed E-state index contributed by atoms with van der Waals surface area (Å²) in [6.07, 6.45) is 2.12. The van der Waals surface area contributed by atoms with Crippen molar-refractivity contribution in [2.45, 2.75) is 26.7 Å². The molecule has 0 N–H and O–H groups in total. The summed E-state index contributed by atoms with van der Waals surface area (Å²) >= 11 is 5.90. The second-order valence-electron chi connectivity index (χ2n) is 5.22. The van der Waals surface area contributed by atoms with E-state index in [9.17, 15) is 0 Å². The molecule has 0 radical (unpaired) electrons. The highest BCUT2D eigenvalue weighted by Gasteiger charge is 2.01. The molecule has 0 aliphatic rings. The summed E-state index contributed by atoms with van der Waals surface area (Å²) in [5.41, 5.74) is 4.10. The van der Waals surface area contributed by atoms with Crippen LogP contribution in [0.4, 0.5) is 0 Å². The van der Waals surface area contributed by atoms with Crippen LogP contribution in [0.3, 0.4) is 0 Å². The van der Waals surface area contributed by atoms with Gasteiger partial charge in [-0.05, 0) is 47.6 Å². The van der Waals surface area contributed by atoms with E-state index < -0.39 is 0 Å². The van der Waals surface area contributed by atoms with Gasteiger partial charge in [0.05, 0.1) is 0 Å². The molecule has 2 aromatic carbocycles. The Morgan fingerprint density at radius 3 is 2.22 bits per heavy atom. The van der Waals surface area contributed by atoms with Crippen molar-refractivity contribution >= 4 is 11.6 Å². The molecule has 0 fully saturated rings. The monoisotopic (exact) mass is 258 g/mol. The minimum absolute atomic E-state index is 0.704. The maximum absolute atomic E-state index is 5.90. The van der Waals surface area contributed by atoms with Crippen LogP contribution in [-0.2, 0) is 12.8 Å². The topological polar surface area (TPSA) is 0 Å². The summed E-state index contributed by atoms with van der Waals surface area (Å²) < 4.78 is 0. The van der Waals surface area contributed by atoms with Gasteiger partial charge in [-0.15, -0.1) is 0 Å². The summed E-state index contributed by atoms with van der Waals surface area (Å²) in [5.74, 6) is 0.704. The molecule has 0 nitrogen and oxygen atoms in total. The molecule has 0 amide bonds. The van der Waals surface area contributed by atoms with Gasteiger partial charge in [-0.25, -0.2) is 0 Å². The maximum Gasteiger partial charge on any atom is 0.0406 e. The van der Waals surface area contributed by atoms with Gasteiger partial charge in [0.25, 0.3) is 0 Å². The van der Waals surface area contributed by atoms with Crippen molar-refractivity contribution in [2.75, 3.05) is 0 Å². The minimum Gasteiger partial charge on any atom is -0.0843 e. The Kier molecular flexibility index (Phi) is 4.43. The number of hydrogen-bond donors (Lipinski definition) is 0. The predicted octanol–water partition coefficient (Wildman–Crippen LogP) is 5.13. The van der Waals surface area contributed by atoms with Crippen molar-refractivity contribution in [1.29, 1.82) is 0 Å². The van der Waals surface area contributed by atoms with Crippen LogP contribution in [0, 0.1) is 5.92 Å². The Balaban J connectivity index is 2.11. The molecule has 0 heterocycles. The predicted molar refractivity (Wildman–Crippen MR) is 79.2 cm³/mol. The molecule has 18 heavy (non-hydrogen) atoms. The van der Waals surface area contributed by atoms with Crippen molar-refractivity contribution in [1.82, 2.24) is 0 Å². The third-order valence-electron chi connectivity index (χ3n) is 2.96. The molecule has 1 heteroatoms. The van der Waals surface area contributed by atoms with Crippen LogP contribution < -0.4 is 0 Å². The van der Waals surface area contributed by atoms with Crippen molar-refractivity contribution in [3.63, 3.8) is 0 Å². The summed E-state index contributed by atoms with van der Waals surface area (Å²) in [6, 6.07) is 17.0. The average molecular weight is 259 g/mol. The summed E-state index contributed by atoms with van der Waals surface area (Å²) in [4.78, 5) is 0. The zero-order valence-corrected chi connectivity index (χ0v) is 11.7. The highest BCUT2D eigenvalue weighted by molar-refractivity contribution is 6.30. The van der Waals surface area contributed by atoms with Crippen LogP contribution in [0.2, 0.25) is 5.02 Å². The van der Waals surface area contributed by atoms with E-state index in [0.29, 0.717) is 5.92 Å². The van der Waals surface area contributed by atoms with E-state index in [-0.39, 0.29) is 0 Å². The van der Waals surface area contributed by atoms with Crippen LogP contribution in [0.15, 0.2) is 48.5 Å². The summed E-state index contributed by atoms with van der Waals surface area (Å²) in [7, 11) is 0. The van der Waals surface area contributed by atoms with Crippen molar-refractivity contribution in [2.24, 2.45) is 5.92 Å². The van der Waals surface area contributed by atoms with Gasteiger partial charge in [-0.3, -0.25) is 0 Å². The number of benzene rings is 2. The van der Waals surface area contributed by atoms with E-state index >= 15 is 0 Å². The van der Waals surface area contributed by atoms with Crippen molar-refractivity contribution in [3.8, 4) is 0 Å². The number of halogens is 1. The molecule has 0 aromatic heterocycles. The quantitative estimate of drug-likeness (QED) is 0.713. The molecular formula is C17H19Cl. The largest absolute Gasteiger partial charge is 0.0843 e. The zero-order chi connectivity index (χ0) is 13.0. The SMILES string of the molecule is CC(C)Cc1cccc(Cc2ccc(Cl)cc2)c1. The molecular weight excluding hydrogens is 240 g/mol. The molecule has 2 rings (SSSR count). The second kappa shape index (κ2) is 6.06. The third kappa shape index (κ3) is 3.89. The zero-order valence-electron chi connectivity index (χ0n) is 11.0. The molecule has 0 aliphatic carbocycles. The Bertz CT molecular complexity index is 497. The molecule has 0 spiro atoms. The standard InChI is InChI=1S/C17H19Cl/c1-13(2)10-15-4-3-5-16(12-15)11-14-6-8-17(18)9-7-14/h3-9,12-13H,10-11H2,1-2H3. The van der Waals surface area contributed by atoms with Crippen LogP contribution >= 0.6 is 11.6 Å². The van der Waals surface area contributed by atoms with Gasteiger partial charge in [0.1, 0.15) is 0 Å². The molecule has 2 aromatic rings. The van der Waals surface area contributed by atoms with Crippen LogP contribution in [0.5, 0.6) is 0 Å². The molecule has 0 saturated carbocycles. The second-order valence-corrected chi connectivity index (χ2v) is 5.66. The molecule has 94 valence electrons. The van der Waals surface area contributed by atoms with E-state index in [1.807, 2.05) is 12.1 Å². The molecule has 0 bridgehead atoms. The van der Waals surface area contributed by atoms with Crippen molar-refractivity contribution < 1.29 is 0 Å². The Morgan fingerprint density at radius 1 is 0.889 bits per heavy atom. The maximum atomic E-state index is 5.90. The first-order chi connectivity index (χ1) is 8.63. The van der Waals surface area contributed by atoms with Gasteiger partial charge in [0, 0.05) is 5.02 Å². The summed E-state index contributed by atoms with van der Waals surface area (Å²) in [5, 5.41) is 0.798. The van der Waals surface area contributed by atoms with E-state index in [2.05, 4.69) is 50.2 Å². The highest BCUT2D eigenvalue weighted by Crippen LogP contribution is 2.16. The first-order valence-electron chi connectivity index (χ1n) is 6.46. The van der Waals surface area contributed by atoms with Gasteiger partial charge in [0.15, 0.2) is 0 Å². The van der Waals surface area contributed by atoms with E-state index in [0.717, 1.165) is 17.9 Å². The van der Waals surface area contributed by atoms with Gasteiger partial charge in [-0.1, -0.05) is 61.8 Å². The molecule has 0 unspecified atom stereocenters. The Hall–Kier alpha value is -1.27. The first kappa shape index (κ1) is 13.2. The number of hydrogen-bond acceptors (Lipinski definition) is 0. The lowest BCUT2D eigenvalue weighted by molar-refractivity contribution is 0.647. The van der Waals surface area contributed by atoms with Gasteiger partial charge in [0.2, 0.25) is 0 Å². The van der Waals surface area contributed by atoms with E-state index in [4.69, 9.17) is 11.6 Å². The van der Waals surface area contributed by atoms with Crippen LogP contribution in [0.1, 0.15) is 30.5 Å². The smallest absolute Gasteiger partial charge is 0.0406 e. The van der Waals surface area contributed by atoms with Gasteiger partial charge in [-0.2, -0.15) is 0 Å². The average Bonchev–Trinajstić information content (AvgIpc) is 2.32. The highest BCUT2D eigenvalue weighted by atomic mass is 35.5. The summed E-state index contributed by atoms with van der Waals surface area (Å²) in [6.45, 7) is 4.51. The van der Waals surface area contributed by atoms with E-state index in [1.165, 1.54) is 16.7 Å². The van der Waals surface area contributed by atoms with Gasteiger partial charge >= 0.3 is 0 Å². The van der Waals surface area contributed by atoms with Crippen molar-refractivity contribution in [3.05, 3.63) is 70.2 Å². The fourth-order valence-corrected chi connectivity index (χ4v) is 2.30. The fraction of sp³-hybridized carbons (Fsp3) is 0.294. The molecule has 0 saturated heterocycles. The molecule has 0 aliphatic heterocycles. The minimum atomic E-state index is 0.704. The normalized spacial score (nSPS) is 10.9. The number of rotatable bonds is 4. The molecule has 0 atom stereocenters.